The van der Waals surface area contributed by atoms with Gasteiger partial charge in [0.25, 0.3) is 0 Å². The second-order valence-corrected chi connectivity index (χ2v) is 20.0. The lowest BCUT2D eigenvalue weighted by atomic mass is 9.18. The first kappa shape index (κ1) is 33.1. The lowest BCUT2D eigenvalue weighted by Gasteiger charge is -2.68. The van der Waals surface area contributed by atoms with Gasteiger partial charge in [-0.05, 0) is 123 Å². The van der Waals surface area contributed by atoms with Crippen LogP contribution in [0.4, 0.5) is 11.4 Å². The fourth-order valence-corrected chi connectivity index (χ4v) is 16.7. The van der Waals surface area contributed by atoms with Crippen molar-refractivity contribution in [1.29, 1.82) is 0 Å². The quantitative estimate of drug-likeness (QED) is 0.269. The molecular weight excluding hydrogens is 699 g/mol. The van der Waals surface area contributed by atoms with E-state index in [1.165, 1.54) is 88.4 Å². The van der Waals surface area contributed by atoms with Crippen molar-refractivity contribution < 1.29 is 0 Å². The maximum Gasteiger partial charge on any atom is 0.159 e. The summed E-state index contributed by atoms with van der Waals surface area (Å²) in [5, 5.41) is 8.37. The highest BCUT2D eigenvalue weighted by molar-refractivity contribution is 6.65. The van der Waals surface area contributed by atoms with Crippen LogP contribution in [0.1, 0.15) is 88.8 Å². The fraction of sp³-hybridized carbons (Fsp3) is 0.583. The number of fused-ring (bicyclic) bond motifs is 12. The number of nitrogens with one attached hydrogen (secondary N) is 2. The first-order valence-corrected chi connectivity index (χ1v) is 23.3. The summed E-state index contributed by atoms with van der Waals surface area (Å²) in [7, 11) is 0. The molecule has 2 aromatic carbocycles. The summed E-state index contributed by atoms with van der Waals surface area (Å²) in [6.07, 6.45) is 19.8. The van der Waals surface area contributed by atoms with Crippen LogP contribution in [0.2, 0.25) is 17.5 Å². The zero-order valence-corrected chi connectivity index (χ0v) is 33.2. The van der Waals surface area contributed by atoms with Crippen LogP contribution in [0.15, 0.2) is 102 Å². The van der Waals surface area contributed by atoms with E-state index in [0.717, 1.165) is 37.3 Å². The minimum absolute atomic E-state index is 0.351. The molecule has 2 N–H and O–H groups in total. The van der Waals surface area contributed by atoms with Crippen LogP contribution in [-0.2, 0) is 0 Å². The number of para-hydroxylation sites is 2. The fourth-order valence-electron chi connectivity index (χ4n) is 16.7. The summed E-state index contributed by atoms with van der Waals surface area (Å²) in [4.78, 5) is 22.4. The maximum absolute atomic E-state index is 5.09. The molecule has 8 nitrogen and oxygen atoms in total. The molecule has 11 aliphatic rings. The molecule has 3 aromatic rings. The summed E-state index contributed by atoms with van der Waals surface area (Å²) >= 11 is 0. The van der Waals surface area contributed by atoms with Crippen LogP contribution in [0.25, 0.3) is 0 Å². The number of nitrogens with zero attached hydrogens (tertiary/aromatic N) is 6. The van der Waals surface area contributed by atoms with E-state index in [4.69, 9.17) is 9.97 Å². The SMILES string of the molecule is c1ccc(N2C3=C(C4CCCC5B6C7CCCC8C9=C(N(c%10ccccc%10)C%10CCCNC9%10)N(C9CC(c%10ncccn%10)CC(C69)N3C54)C78)C3NCCCC32)cc1. The second kappa shape index (κ2) is 12.4. The molecule has 3 saturated carbocycles. The Kier molecular flexibility index (Phi) is 7.17. The van der Waals surface area contributed by atoms with Crippen molar-refractivity contribution in [2.45, 2.75) is 149 Å². The molecule has 0 amide bonds. The third kappa shape index (κ3) is 4.33. The first-order chi connectivity index (χ1) is 28.3. The number of hydrogen-bond acceptors (Lipinski definition) is 8. The molecule has 9 heteroatoms. The smallest absolute Gasteiger partial charge is 0.159 e. The van der Waals surface area contributed by atoms with Crippen molar-refractivity contribution in [2.24, 2.45) is 11.8 Å². The Morgan fingerprint density at radius 1 is 0.544 bits per heavy atom. The Hall–Kier alpha value is -3.82. The molecule has 7 fully saturated rings. The van der Waals surface area contributed by atoms with Crippen molar-refractivity contribution in [2.75, 3.05) is 22.9 Å². The number of hydrogen-bond donors (Lipinski definition) is 2. The summed E-state index contributed by atoms with van der Waals surface area (Å²) in [5.41, 5.74) is 6.42. The predicted octanol–water partition coefficient (Wildman–Crippen LogP) is 7.40. The largest absolute Gasteiger partial charge is 0.352 e. The van der Waals surface area contributed by atoms with E-state index in [1.54, 1.807) is 22.8 Å². The van der Waals surface area contributed by atoms with Crippen molar-refractivity contribution in [3.8, 4) is 0 Å². The van der Waals surface area contributed by atoms with Crippen molar-refractivity contribution >= 4 is 18.1 Å². The van der Waals surface area contributed by atoms with Gasteiger partial charge < -0.3 is 30.2 Å². The molecule has 292 valence electrons. The molecule has 3 aliphatic carbocycles. The average Bonchev–Trinajstić information content (AvgIpc) is 4.00. The standard InChI is InChI=1S/C48H57BN8/c1-3-12-29(13-4-1)54-35-20-9-22-50-42(35)39-31-16-7-18-33-44(31)56(47(39)54)37-26-28(46-52-24-11-25-53-46)27-38-41(37)49(33)34-19-8-17-32-40-43-36(21-10-23-51-43)55(30-14-5-2-6-15-30)48(40)57(38)45(32)34/h1-6,11-15,24-25,28,31-38,41-45,50-51H,7-10,16-23,26-27H2. The van der Waals surface area contributed by atoms with Crippen molar-refractivity contribution in [1.82, 2.24) is 30.4 Å². The van der Waals surface area contributed by atoms with Gasteiger partial charge in [0.05, 0.1) is 24.2 Å². The zero-order valence-electron chi connectivity index (χ0n) is 33.2. The lowest BCUT2D eigenvalue weighted by molar-refractivity contribution is 0.00848. The Balaban J connectivity index is 0.975. The summed E-state index contributed by atoms with van der Waals surface area (Å²) in [6, 6.07) is 29.4. The van der Waals surface area contributed by atoms with Gasteiger partial charge in [-0.25, -0.2) is 9.97 Å². The Morgan fingerprint density at radius 2 is 1.05 bits per heavy atom. The third-order valence-electron chi connectivity index (χ3n) is 18.0. The third-order valence-corrected chi connectivity index (χ3v) is 18.0. The summed E-state index contributed by atoms with van der Waals surface area (Å²) in [5.74, 6) is 8.23. The normalized spacial score (nSPS) is 42.0. The molecule has 8 aliphatic heterocycles. The number of benzene rings is 2. The van der Waals surface area contributed by atoms with E-state index in [9.17, 15) is 0 Å². The zero-order chi connectivity index (χ0) is 36.9. The number of rotatable bonds is 3. The van der Waals surface area contributed by atoms with Crippen LogP contribution < -0.4 is 20.4 Å². The molecule has 12 unspecified atom stereocenters. The van der Waals surface area contributed by atoms with Gasteiger partial charge in [-0.15, -0.1) is 0 Å². The lowest BCUT2D eigenvalue weighted by Crippen LogP contribution is -2.73. The van der Waals surface area contributed by atoms with E-state index >= 15 is 0 Å². The Morgan fingerprint density at radius 3 is 1.56 bits per heavy atom. The predicted molar refractivity (Wildman–Crippen MR) is 226 cm³/mol. The van der Waals surface area contributed by atoms with E-state index in [1.807, 2.05) is 18.5 Å². The monoisotopic (exact) mass is 756 g/mol. The molecule has 57 heavy (non-hydrogen) atoms. The number of aromatic nitrogens is 2. The molecule has 0 radical (unpaired) electrons. The van der Waals surface area contributed by atoms with E-state index in [-0.39, 0.29) is 0 Å². The molecular formula is C48H57BN8. The van der Waals surface area contributed by atoms with Crippen LogP contribution in [0.3, 0.4) is 0 Å². The van der Waals surface area contributed by atoms with Crippen molar-refractivity contribution in [3.05, 3.63) is 108 Å². The highest BCUT2D eigenvalue weighted by Crippen LogP contribution is 2.70. The molecule has 14 rings (SSSR count). The van der Waals surface area contributed by atoms with Gasteiger partial charge in [-0.3, -0.25) is 0 Å². The molecule has 9 heterocycles. The van der Waals surface area contributed by atoms with E-state index in [0.29, 0.717) is 71.9 Å². The highest BCUT2D eigenvalue weighted by Gasteiger charge is 2.72. The van der Waals surface area contributed by atoms with Gasteiger partial charge in [-0.1, -0.05) is 62.1 Å². The highest BCUT2D eigenvalue weighted by atomic mass is 15.5. The van der Waals surface area contributed by atoms with Crippen LogP contribution in [-0.4, -0.2) is 87.9 Å². The Labute approximate surface area is 338 Å². The second-order valence-electron chi connectivity index (χ2n) is 20.0. The van der Waals surface area contributed by atoms with Gasteiger partial charge in [0.2, 0.25) is 0 Å². The summed E-state index contributed by atoms with van der Waals surface area (Å²) in [6.45, 7) is 3.10. The molecule has 4 saturated heterocycles. The molecule has 0 spiro atoms. The van der Waals surface area contributed by atoms with Crippen molar-refractivity contribution in [3.63, 3.8) is 0 Å². The molecule has 12 atom stereocenters. The van der Waals surface area contributed by atoms with Crippen LogP contribution >= 0.6 is 0 Å². The number of anilines is 2. The van der Waals surface area contributed by atoms with Gasteiger partial charge in [0, 0.05) is 65.7 Å². The number of piperidine rings is 2. The topological polar surface area (TPSA) is 62.8 Å². The maximum atomic E-state index is 5.09. The minimum atomic E-state index is 0.351. The molecule has 0 bridgehead atoms. The molecule has 1 aromatic heterocycles. The van der Waals surface area contributed by atoms with Crippen LogP contribution in [0.5, 0.6) is 0 Å². The first-order valence-electron chi connectivity index (χ1n) is 23.3. The van der Waals surface area contributed by atoms with Crippen LogP contribution in [0, 0.1) is 11.8 Å². The van der Waals surface area contributed by atoms with Gasteiger partial charge >= 0.3 is 0 Å². The Bertz CT molecular complexity index is 2000. The van der Waals surface area contributed by atoms with Gasteiger partial charge in [0.15, 0.2) is 6.71 Å². The minimum Gasteiger partial charge on any atom is -0.352 e. The van der Waals surface area contributed by atoms with Gasteiger partial charge in [-0.2, -0.15) is 0 Å². The van der Waals surface area contributed by atoms with E-state index in [2.05, 4.69) is 90.9 Å². The van der Waals surface area contributed by atoms with Gasteiger partial charge in [0.1, 0.15) is 17.5 Å². The average molecular weight is 757 g/mol. The van der Waals surface area contributed by atoms with E-state index < -0.39 is 0 Å². The summed E-state index contributed by atoms with van der Waals surface area (Å²) < 4.78 is 0.